The molecule has 3 rings (SSSR count). The van der Waals surface area contributed by atoms with Gasteiger partial charge in [-0.05, 0) is 12.1 Å². The molecule has 0 atom stereocenters. The van der Waals surface area contributed by atoms with Crippen LogP contribution in [0.5, 0.6) is 11.5 Å². The third-order valence-corrected chi connectivity index (χ3v) is 6.46. The number of halogens is 4. The molecule has 0 aliphatic carbocycles. The van der Waals surface area contributed by atoms with Gasteiger partial charge in [-0.2, -0.15) is 0 Å². The minimum atomic E-state index is -0.817. The fourth-order valence-electron chi connectivity index (χ4n) is 1.74. The van der Waals surface area contributed by atoms with Gasteiger partial charge in [-0.15, -0.1) is 34.0 Å². The summed E-state index contributed by atoms with van der Waals surface area (Å²) in [7, 11) is 0. The molecule has 2 amide bonds. The summed E-state index contributed by atoms with van der Waals surface area (Å²) in [6, 6.07) is 2.98. The monoisotopic (exact) mass is 502 g/mol. The summed E-state index contributed by atoms with van der Waals surface area (Å²) < 4.78 is 11.7. The van der Waals surface area contributed by atoms with Crippen molar-refractivity contribution in [3.8, 4) is 11.5 Å². The molecule has 6 nitrogen and oxygen atoms in total. The van der Waals surface area contributed by atoms with Crippen molar-refractivity contribution >= 4 is 104 Å². The molecule has 2 N–H and O–H groups in total. The van der Waals surface area contributed by atoms with Crippen molar-refractivity contribution in [2.45, 2.75) is 0 Å². The van der Waals surface area contributed by atoms with Crippen molar-refractivity contribution in [2.75, 3.05) is 10.6 Å². The lowest BCUT2D eigenvalue weighted by Crippen LogP contribution is -2.19. The van der Waals surface area contributed by atoms with E-state index in [0.29, 0.717) is 28.7 Å². The first kappa shape index (κ1) is 20.5. The molecular formula is C14H6Cl4N2O4S3. The molecular weight excluding hydrogens is 498 g/mol. The summed E-state index contributed by atoms with van der Waals surface area (Å²) in [5.74, 6) is 0.110. The van der Waals surface area contributed by atoms with Gasteiger partial charge in [-0.25, -0.2) is 9.59 Å². The third-order valence-electron chi connectivity index (χ3n) is 2.79. The first-order valence-electron chi connectivity index (χ1n) is 6.75. The molecule has 0 aliphatic rings. The highest BCUT2D eigenvalue weighted by molar-refractivity contribution is 7.21. The Morgan fingerprint density at radius 1 is 0.778 bits per heavy atom. The first-order valence-corrected chi connectivity index (χ1v) is 10.8. The maximum atomic E-state index is 12.0. The maximum Gasteiger partial charge on any atom is 0.417 e. The van der Waals surface area contributed by atoms with Crippen LogP contribution in [0.4, 0.5) is 21.0 Å². The summed E-state index contributed by atoms with van der Waals surface area (Å²) in [6.07, 6.45) is -1.63. The lowest BCUT2D eigenvalue weighted by atomic mass is 10.5. The molecule has 0 fully saturated rings. The van der Waals surface area contributed by atoms with E-state index < -0.39 is 12.2 Å². The van der Waals surface area contributed by atoms with Crippen molar-refractivity contribution < 1.29 is 19.1 Å². The fraction of sp³-hybridized carbons (Fsp3) is 0. The summed E-state index contributed by atoms with van der Waals surface area (Å²) in [6.45, 7) is 0. The van der Waals surface area contributed by atoms with E-state index in [2.05, 4.69) is 10.6 Å². The van der Waals surface area contributed by atoms with Gasteiger partial charge in [-0.1, -0.05) is 46.4 Å². The first-order chi connectivity index (χ1) is 12.8. The normalized spacial score (nSPS) is 10.5. The Balaban J connectivity index is 1.61. The van der Waals surface area contributed by atoms with Crippen LogP contribution in [0.25, 0.3) is 0 Å². The van der Waals surface area contributed by atoms with Crippen molar-refractivity contribution in [3.63, 3.8) is 0 Å². The minimum Gasteiger partial charge on any atom is -0.405 e. The molecule has 0 unspecified atom stereocenters. The SMILES string of the molecule is O=C(Nc1cc(Cl)sc1Cl)Oc1cscc1OC(=O)Nc1cc(Cl)sc1Cl. The zero-order valence-corrected chi connectivity index (χ0v) is 18.2. The van der Waals surface area contributed by atoms with E-state index in [9.17, 15) is 9.59 Å². The summed E-state index contributed by atoms with van der Waals surface area (Å²) in [5, 5.41) is 7.90. The average Bonchev–Trinajstić information content (AvgIpc) is 3.21. The van der Waals surface area contributed by atoms with Gasteiger partial charge in [0.1, 0.15) is 8.67 Å². The van der Waals surface area contributed by atoms with Gasteiger partial charge in [0.05, 0.1) is 20.0 Å². The second kappa shape index (κ2) is 8.87. The Bertz CT molecular complexity index is 924. The smallest absolute Gasteiger partial charge is 0.405 e. The van der Waals surface area contributed by atoms with Gasteiger partial charge in [-0.3, -0.25) is 10.6 Å². The Morgan fingerprint density at radius 2 is 1.19 bits per heavy atom. The number of rotatable bonds is 4. The standard InChI is InChI=1S/C14H6Cl4N2O4S3/c15-9-1-5(11(17)26-9)19-13(21)23-7-3-25-4-8(7)24-14(22)20-6-2-10(16)27-12(6)18/h1-4H,(H,19,21)(H,20,22). The molecule has 0 radical (unpaired) electrons. The lowest BCUT2D eigenvalue weighted by Gasteiger charge is -2.08. The highest BCUT2D eigenvalue weighted by Gasteiger charge is 2.18. The Kier molecular flexibility index (Phi) is 6.74. The highest BCUT2D eigenvalue weighted by Crippen LogP contribution is 2.37. The number of carbonyl (C=O) groups excluding carboxylic acids is 2. The quantitative estimate of drug-likeness (QED) is 0.382. The largest absolute Gasteiger partial charge is 0.417 e. The highest BCUT2D eigenvalue weighted by atomic mass is 35.5. The molecule has 0 bridgehead atoms. The molecule has 27 heavy (non-hydrogen) atoms. The molecule has 3 aromatic rings. The predicted octanol–water partition coefficient (Wildman–Crippen LogP) is 7.71. The Hall–Kier alpha value is -1.20. The van der Waals surface area contributed by atoms with Gasteiger partial charge in [0.2, 0.25) is 0 Å². The van der Waals surface area contributed by atoms with Crippen LogP contribution in [0.15, 0.2) is 22.9 Å². The van der Waals surface area contributed by atoms with E-state index in [1.54, 1.807) is 0 Å². The maximum absolute atomic E-state index is 12.0. The molecule has 0 saturated carbocycles. The zero-order chi connectivity index (χ0) is 19.6. The molecule has 142 valence electrons. The van der Waals surface area contributed by atoms with Gasteiger partial charge in [0, 0.05) is 10.8 Å². The van der Waals surface area contributed by atoms with Crippen molar-refractivity contribution in [3.05, 3.63) is 40.2 Å². The minimum absolute atomic E-state index is 0.0551. The van der Waals surface area contributed by atoms with Gasteiger partial charge < -0.3 is 9.47 Å². The van der Waals surface area contributed by atoms with Crippen LogP contribution < -0.4 is 20.1 Å². The lowest BCUT2D eigenvalue weighted by molar-refractivity contribution is 0.205. The molecule has 0 saturated heterocycles. The Labute approximate surface area is 184 Å². The number of hydrogen-bond acceptors (Lipinski definition) is 7. The van der Waals surface area contributed by atoms with E-state index in [0.717, 1.165) is 22.7 Å². The fourth-order valence-corrected chi connectivity index (χ4v) is 5.14. The average molecular weight is 504 g/mol. The van der Waals surface area contributed by atoms with Crippen LogP contribution in [0, 0.1) is 0 Å². The molecule has 0 spiro atoms. The number of amides is 2. The van der Waals surface area contributed by atoms with E-state index in [1.807, 2.05) is 0 Å². The molecule has 0 aromatic carbocycles. The van der Waals surface area contributed by atoms with Crippen molar-refractivity contribution in [1.82, 2.24) is 0 Å². The van der Waals surface area contributed by atoms with Crippen LogP contribution in [0.3, 0.4) is 0 Å². The number of hydrogen-bond donors (Lipinski definition) is 2. The second-order valence-electron chi connectivity index (χ2n) is 4.61. The number of ether oxygens (including phenoxy) is 2. The van der Waals surface area contributed by atoms with Gasteiger partial charge in [0.15, 0.2) is 11.5 Å². The number of carbonyl (C=O) groups is 2. The number of nitrogens with one attached hydrogen (secondary N) is 2. The van der Waals surface area contributed by atoms with E-state index >= 15 is 0 Å². The van der Waals surface area contributed by atoms with Crippen LogP contribution in [-0.2, 0) is 0 Å². The summed E-state index contributed by atoms with van der Waals surface area (Å²) in [5.41, 5.74) is 0.632. The second-order valence-corrected chi connectivity index (χ2v) is 9.92. The predicted molar refractivity (Wildman–Crippen MR) is 112 cm³/mol. The van der Waals surface area contributed by atoms with Gasteiger partial charge in [0.25, 0.3) is 0 Å². The number of thiophene rings is 3. The summed E-state index contributed by atoms with van der Waals surface area (Å²) >= 11 is 26.9. The molecule has 13 heteroatoms. The molecule has 0 aliphatic heterocycles. The van der Waals surface area contributed by atoms with E-state index in [1.165, 1.54) is 34.2 Å². The van der Waals surface area contributed by atoms with Gasteiger partial charge >= 0.3 is 12.2 Å². The van der Waals surface area contributed by atoms with E-state index in [4.69, 9.17) is 55.9 Å². The zero-order valence-electron chi connectivity index (χ0n) is 12.7. The number of anilines is 2. The van der Waals surface area contributed by atoms with Crippen LogP contribution >= 0.6 is 80.4 Å². The summed E-state index contributed by atoms with van der Waals surface area (Å²) in [4.78, 5) is 24.0. The van der Waals surface area contributed by atoms with Crippen molar-refractivity contribution in [1.29, 1.82) is 0 Å². The Morgan fingerprint density at radius 3 is 1.52 bits per heavy atom. The van der Waals surface area contributed by atoms with E-state index in [-0.39, 0.29) is 11.5 Å². The van der Waals surface area contributed by atoms with Crippen molar-refractivity contribution in [2.24, 2.45) is 0 Å². The van der Waals surface area contributed by atoms with Crippen LogP contribution in [-0.4, -0.2) is 12.2 Å². The molecule has 3 heterocycles. The third kappa shape index (κ3) is 5.41. The van der Waals surface area contributed by atoms with Crippen LogP contribution in [0.2, 0.25) is 17.3 Å². The molecule has 3 aromatic heterocycles. The van der Waals surface area contributed by atoms with Crippen LogP contribution in [0.1, 0.15) is 0 Å². The topological polar surface area (TPSA) is 76.7 Å².